The third-order valence-corrected chi connectivity index (χ3v) is 42.9. The second-order valence-electron chi connectivity index (χ2n) is 42.4. The van der Waals surface area contributed by atoms with Gasteiger partial charge in [0.05, 0.1) is 0 Å². The zero-order valence-electron chi connectivity index (χ0n) is 97.8. The quantitative estimate of drug-likeness (QED) is 0.183. The van der Waals surface area contributed by atoms with E-state index in [9.17, 15) is 0 Å². The van der Waals surface area contributed by atoms with E-state index in [1.807, 2.05) is 204 Å². The normalized spacial score (nSPS) is 32.0. The van der Waals surface area contributed by atoms with Crippen LogP contribution in [0.1, 0.15) is 521 Å². The van der Waals surface area contributed by atoms with Gasteiger partial charge in [0.25, 0.3) is 0 Å². The van der Waals surface area contributed by atoms with Gasteiger partial charge in [-0.15, -0.1) is 0 Å². The summed E-state index contributed by atoms with van der Waals surface area (Å²) in [6, 6.07) is 25.3. The fourth-order valence-corrected chi connectivity index (χ4v) is 39.8. The van der Waals surface area contributed by atoms with Crippen molar-refractivity contribution >= 4 is 69.5 Å². The van der Waals surface area contributed by atoms with Gasteiger partial charge in [-0.1, -0.05) is 464 Å². The van der Waals surface area contributed by atoms with Crippen molar-refractivity contribution in [2.45, 2.75) is 532 Å². The van der Waals surface area contributed by atoms with Crippen LogP contribution in [-0.2, 0) is 62.5 Å². The molecule has 21 atom stereocenters. The summed E-state index contributed by atoms with van der Waals surface area (Å²) in [5.74, 6) is 22.3. The summed E-state index contributed by atoms with van der Waals surface area (Å²) >= 11 is -2.48. The number of rotatable bonds is 8. The average molecular weight is 2230 g/mol. The van der Waals surface area contributed by atoms with Crippen molar-refractivity contribution in [1.29, 1.82) is 0 Å². The van der Waals surface area contributed by atoms with Gasteiger partial charge in [-0.2, -0.15) is 0 Å². The minimum atomic E-state index is -2.28. The molecule has 15 aliphatic rings. The van der Waals surface area contributed by atoms with Crippen molar-refractivity contribution in [3.05, 3.63) is 82.9 Å². The van der Waals surface area contributed by atoms with Crippen LogP contribution in [0.15, 0.2) is 60.7 Å². The minimum absolute atomic E-state index is 0. The monoisotopic (exact) mass is 2220 g/mol. The third-order valence-electron chi connectivity index (χ3n) is 36.5. The Balaban J connectivity index is -0.000000413. The van der Waals surface area contributed by atoms with Crippen molar-refractivity contribution in [2.75, 3.05) is 0 Å². The molecule has 0 aromatic heterocycles. The Morgan fingerprint density at radius 3 is 0.767 bits per heavy atom. The summed E-state index contributed by atoms with van der Waals surface area (Å²) < 4.78 is 0. The predicted molar refractivity (Wildman–Crippen MR) is 614 cm³/mol. The number of fused-ring (bicyclic) bond motifs is 11. The molecule has 133 heavy (non-hydrogen) atoms. The molecule has 21 unspecified atom stereocenters. The van der Waals surface area contributed by atoms with Crippen molar-refractivity contribution in [3.63, 3.8) is 0 Å². The molecular formula is C123H239Cl6SiZr3-3. The first-order valence-electron chi connectivity index (χ1n) is 57.9. The van der Waals surface area contributed by atoms with Gasteiger partial charge in [0.2, 0.25) is 0 Å². The van der Waals surface area contributed by atoms with Crippen LogP contribution in [0.2, 0.25) is 11.1 Å². The zero-order valence-corrected chi connectivity index (χ0v) is 111. The predicted octanol–water partition coefficient (Wildman–Crippen LogP) is 45.6. The van der Waals surface area contributed by atoms with Crippen molar-refractivity contribution in [3.8, 4) is 0 Å². The van der Waals surface area contributed by atoms with E-state index >= 15 is 0 Å². The molecule has 0 N–H and O–H groups in total. The average Bonchev–Trinajstić information content (AvgIpc) is 1.53. The molecule has 0 radical (unpaired) electrons. The molecule has 2 aromatic rings. The molecule has 0 nitrogen and oxygen atoms in total. The van der Waals surface area contributed by atoms with E-state index in [0.717, 1.165) is 141 Å². The van der Waals surface area contributed by atoms with E-state index in [2.05, 4.69) is 144 Å². The SMILES string of the molecule is CC.CC.CC.CC.CC.CC.CC.CC.CC.CC.CC.CC.CC.CC.CC(C)(C1CCC2CCCCC21)C1CCC2CCCCC21.CC(C)(C1CCCC1)C1C2CCCCC2C2CCCCC21.CC1(C)CCC(C)(C)C2CC3C(CC21)C1CC2C(CC1C3[Si](c1ccccc1)(c1ccccc1)C1CCC3CCCCC31)C(C)(C)CCC2(C)C.[CH3-].[CH3-].[CH3-].[Cl][Zr][Cl].[Cl][Zr][Cl].[Cl][Zr][Cl]. The first-order valence-corrected chi connectivity index (χ1v) is 79.0. The number of hydrogen-bond donors (Lipinski definition) is 0. The van der Waals surface area contributed by atoms with Crippen LogP contribution in [0, 0.1) is 185 Å². The summed E-state index contributed by atoms with van der Waals surface area (Å²) in [4.78, 5) is 0. The van der Waals surface area contributed by atoms with Crippen molar-refractivity contribution < 1.29 is 62.5 Å². The molecule has 0 heterocycles. The van der Waals surface area contributed by atoms with Gasteiger partial charge < -0.3 is 22.3 Å². The first-order chi connectivity index (χ1) is 62.9. The van der Waals surface area contributed by atoms with Crippen LogP contribution in [0.25, 0.3) is 0 Å². The Hall–Kier alpha value is 3.05. The van der Waals surface area contributed by atoms with Gasteiger partial charge in [0.1, 0.15) is 8.07 Å². The molecule has 0 amide bonds. The molecule has 0 bridgehead atoms. The number of hydrogen-bond acceptors (Lipinski definition) is 0. The second kappa shape index (κ2) is 80.1. The van der Waals surface area contributed by atoms with Gasteiger partial charge >= 0.3 is 114 Å². The van der Waals surface area contributed by atoms with E-state index in [1.165, 1.54) is 154 Å². The molecule has 15 saturated carbocycles. The van der Waals surface area contributed by atoms with Gasteiger partial charge in [0.15, 0.2) is 0 Å². The summed E-state index contributed by atoms with van der Waals surface area (Å²) in [6.45, 7) is 88.4. The number of benzene rings is 2. The molecule has 0 spiro atoms. The van der Waals surface area contributed by atoms with Gasteiger partial charge in [-0.05, 0) is 302 Å². The number of halogens is 6. The van der Waals surface area contributed by atoms with Crippen molar-refractivity contribution in [2.24, 2.45) is 163 Å². The van der Waals surface area contributed by atoms with E-state index < -0.39 is 70.6 Å². The summed E-state index contributed by atoms with van der Waals surface area (Å²) in [7, 11) is 27.3. The first kappa shape index (κ1) is 147. The molecule has 0 saturated heterocycles. The molecule has 0 aliphatic heterocycles. The Morgan fingerprint density at radius 1 is 0.256 bits per heavy atom. The van der Waals surface area contributed by atoms with Crippen LogP contribution >= 0.6 is 51.1 Å². The molecule has 17 rings (SSSR count). The molecule has 15 aliphatic carbocycles. The fraction of sp³-hybridized carbons (Fsp3) is 0.878. The molecular weight excluding hydrogens is 1990 g/mol. The second-order valence-corrected chi connectivity index (χ2v) is 57.9. The van der Waals surface area contributed by atoms with Crippen molar-refractivity contribution in [1.82, 2.24) is 0 Å². The van der Waals surface area contributed by atoms with E-state index in [1.54, 1.807) is 89.9 Å². The zero-order chi connectivity index (χ0) is 101. The Labute approximate surface area is 900 Å². The maximum atomic E-state index is 4.93. The van der Waals surface area contributed by atoms with Gasteiger partial charge in [-0.25, -0.2) is 0 Å². The van der Waals surface area contributed by atoms with Gasteiger partial charge in [-0.3, -0.25) is 0 Å². The molecule has 10 heteroatoms. The van der Waals surface area contributed by atoms with Crippen LogP contribution in [-0.4, -0.2) is 8.07 Å². The van der Waals surface area contributed by atoms with Crippen LogP contribution in [0.5, 0.6) is 0 Å². The standard InChI is InChI=1S/C50H74Si.2C21H36.14C2H6.3CH3.6ClH.3Zr/c1-47(2)25-27-49(5,6)43-31-39-37(29-41(43)47)38-30-42-44(50(7,8)28-26-48(42,3)4)32-40(38)46(39)51(34-18-11-9-12-19-34,35-20-13-10-14-21-35)45-24-23-33-17-15-16-22-36(33)45;1-21(2,19-13-11-15-7-3-5-9-17(15)19)20-14-12-16-8-4-6-10-18(16)20;1-21(2,15-9-3-4-10-15)20-18-13-7-5-11-16(18)17-12-6-8-14-19(17)20;14*1-2;;;;;;;;;;;;/h9-14,18-21,33,36-46H,15-17,22-32H2,1-8H3;2*15-20H,3-14H2,1-2H3;14*1-2H3;3*1H3;6*1H;;;/q;;;;;;;;;;;;;;;;;3*-1;;;;;;;3*+2/p-6. The molecule has 15 fully saturated rings. The maximum absolute atomic E-state index is 4.93. The Bertz CT molecular complexity index is 2740. The van der Waals surface area contributed by atoms with E-state index in [0.29, 0.717) is 32.5 Å². The van der Waals surface area contributed by atoms with E-state index in [4.69, 9.17) is 51.1 Å². The fourth-order valence-electron chi connectivity index (χ4n) is 32.1. The topological polar surface area (TPSA) is 0 Å². The van der Waals surface area contributed by atoms with Gasteiger partial charge in [0, 0.05) is 0 Å². The van der Waals surface area contributed by atoms with Crippen LogP contribution < -0.4 is 10.4 Å². The summed E-state index contributed by atoms with van der Waals surface area (Å²) in [5, 5.41) is 3.68. The molecule has 2 aromatic carbocycles. The molecule has 792 valence electrons. The van der Waals surface area contributed by atoms with E-state index in [-0.39, 0.29) is 22.3 Å². The summed E-state index contributed by atoms with van der Waals surface area (Å²) in [5.41, 5.74) is 4.94. The van der Waals surface area contributed by atoms with Crippen LogP contribution in [0.4, 0.5) is 0 Å². The Kier molecular flexibility index (Phi) is 88.4. The Morgan fingerprint density at radius 2 is 0.481 bits per heavy atom. The third kappa shape index (κ3) is 38.2. The summed E-state index contributed by atoms with van der Waals surface area (Å²) in [6.07, 6.45) is 58.1. The van der Waals surface area contributed by atoms with Crippen LogP contribution in [0.3, 0.4) is 0 Å².